The van der Waals surface area contributed by atoms with Gasteiger partial charge >= 0.3 is 0 Å². The molecule has 0 fully saturated rings. The first-order valence-electron chi connectivity index (χ1n) is 6.01. The summed E-state index contributed by atoms with van der Waals surface area (Å²) in [5.74, 6) is 0.908. The second-order valence-electron chi connectivity index (χ2n) is 4.28. The summed E-state index contributed by atoms with van der Waals surface area (Å²) in [6.07, 6.45) is 1.17. The first-order chi connectivity index (χ1) is 7.04. The third kappa shape index (κ3) is 5.78. The summed E-state index contributed by atoms with van der Waals surface area (Å²) in [7, 11) is 2.02. The van der Waals surface area contributed by atoms with Gasteiger partial charge in [-0.2, -0.15) is 0 Å². The minimum absolute atomic E-state index is 0.241. The predicted molar refractivity (Wildman–Crippen MR) is 64.9 cm³/mol. The minimum atomic E-state index is 0.241. The average Bonchev–Trinajstić information content (AvgIpc) is 2.19. The number of hydrogen-bond donors (Lipinski definition) is 0. The van der Waals surface area contributed by atoms with Crippen molar-refractivity contribution in [3.63, 3.8) is 0 Å². The Balaban J connectivity index is 3.94. The number of rotatable bonds is 7. The molecule has 0 spiro atoms. The van der Waals surface area contributed by atoms with Gasteiger partial charge in [-0.25, -0.2) is 0 Å². The second kappa shape index (κ2) is 7.69. The van der Waals surface area contributed by atoms with Crippen molar-refractivity contribution in [2.24, 2.45) is 5.92 Å². The van der Waals surface area contributed by atoms with E-state index in [2.05, 4.69) is 18.7 Å². The molecular weight excluding hydrogens is 188 g/mol. The third-order valence-corrected chi connectivity index (χ3v) is 2.84. The Kier molecular flexibility index (Phi) is 7.39. The summed E-state index contributed by atoms with van der Waals surface area (Å²) in [6, 6.07) is 0. The number of nitrogens with zero attached hydrogens (tertiary/aromatic N) is 2. The fourth-order valence-corrected chi connectivity index (χ4v) is 1.63. The number of hydrogen-bond acceptors (Lipinski definition) is 2. The molecule has 0 heterocycles. The van der Waals surface area contributed by atoms with Crippen LogP contribution in [-0.2, 0) is 4.79 Å². The molecule has 3 heteroatoms. The zero-order valence-corrected chi connectivity index (χ0v) is 10.9. The van der Waals surface area contributed by atoms with Gasteiger partial charge in [0, 0.05) is 19.6 Å². The molecule has 0 radical (unpaired) electrons. The van der Waals surface area contributed by atoms with E-state index in [0.717, 1.165) is 19.6 Å². The topological polar surface area (TPSA) is 23.6 Å². The van der Waals surface area contributed by atoms with E-state index in [1.807, 2.05) is 25.8 Å². The van der Waals surface area contributed by atoms with E-state index in [1.165, 1.54) is 6.42 Å². The number of amides is 1. The first-order valence-corrected chi connectivity index (χ1v) is 6.01. The van der Waals surface area contributed by atoms with Gasteiger partial charge in [0.15, 0.2) is 0 Å². The highest BCUT2D eigenvalue weighted by Gasteiger charge is 2.13. The van der Waals surface area contributed by atoms with Crippen LogP contribution in [0, 0.1) is 5.92 Å². The monoisotopic (exact) mass is 214 g/mol. The summed E-state index contributed by atoms with van der Waals surface area (Å²) < 4.78 is 0. The van der Waals surface area contributed by atoms with Crippen LogP contribution in [0.5, 0.6) is 0 Å². The molecule has 0 aliphatic carbocycles. The molecule has 1 amide bonds. The quantitative estimate of drug-likeness (QED) is 0.645. The molecule has 1 unspecified atom stereocenters. The second-order valence-corrected chi connectivity index (χ2v) is 4.28. The molecule has 0 saturated heterocycles. The van der Waals surface area contributed by atoms with Crippen molar-refractivity contribution < 1.29 is 4.79 Å². The maximum absolute atomic E-state index is 11.8. The molecule has 0 aliphatic heterocycles. The third-order valence-electron chi connectivity index (χ3n) is 2.84. The van der Waals surface area contributed by atoms with Crippen molar-refractivity contribution in [3.8, 4) is 0 Å². The van der Waals surface area contributed by atoms with E-state index in [9.17, 15) is 4.79 Å². The molecule has 0 aromatic rings. The lowest BCUT2D eigenvalue weighted by molar-refractivity contribution is -0.131. The van der Waals surface area contributed by atoms with Crippen LogP contribution in [-0.4, -0.2) is 48.9 Å². The largest absolute Gasteiger partial charge is 0.342 e. The van der Waals surface area contributed by atoms with Gasteiger partial charge in [0.2, 0.25) is 5.91 Å². The molecule has 0 aliphatic rings. The Morgan fingerprint density at radius 2 is 1.73 bits per heavy atom. The summed E-state index contributed by atoms with van der Waals surface area (Å²) in [6.45, 7) is 11.6. The number of likely N-dealkylation sites (N-methyl/N-ethyl adjacent to an activating group) is 2. The zero-order valence-electron chi connectivity index (χ0n) is 10.9. The molecule has 0 saturated carbocycles. The van der Waals surface area contributed by atoms with Gasteiger partial charge in [-0.3, -0.25) is 9.69 Å². The van der Waals surface area contributed by atoms with Gasteiger partial charge in [-0.1, -0.05) is 20.3 Å². The molecule has 0 aromatic heterocycles. The van der Waals surface area contributed by atoms with Gasteiger partial charge in [0.25, 0.3) is 0 Å². The molecule has 0 N–H and O–H groups in total. The van der Waals surface area contributed by atoms with Crippen molar-refractivity contribution in [1.29, 1.82) is 0 Å². The first kappa shape index (κ1) is 14.4. The maximum atomic E-state index is 11.8. The van der Waals surface area contributed by atoms with Gasteiger partial charge in [0.1, 0.15) is 0 Å². The Morgan fingerprint density at radius 3 is 2.13 bits per heavy atom. The van der Waals surface area contributed by atoms with Crippen molar-refractivity contribution in [1.82, 2.24) is 9.80 Å². The fraction of sp³-hybridized carbons (Fsp3) is 0.917. The lowest BCUT2D eigenvalue weighted by Gasteiger charge is -2.24. The van der Waals surface area contributed by atoms with Crippen LogP contribution < -0.4 is 0 Å². The maximum Gasteiger partial charge on any atom is 0.236 e. The Bertz CT molecular complexity index is 178. The normalized spacial score (nSPS) is 12.9. The van der Waals surface area contributed by atoms with Gasteiger partial charge < -0.3 is 4.90 Å². The molecule has 90 valence electrons. The molecular formula is C12H26N2O. The van der Waals surface area contributed by atoms with Crippen molar-refractivity contribution in [3.05, 3.63) is 0 Å². The average molecular weight is 214 g/mol. The SMILES string of the molecule is CCC(C)CN(C)CC(=O)N(CC)CC. The molecule has 0 rings (SSSR count). The van der Waals surface area contributed by atoms with E-state index in [-0.39, 0.29) is 5.91 Å². The van der Waals surface area contributed by atoms with Crippen LogP contribution in [0.2, 0.25) is 0 Å². The summed E-state index contributed by atoms with van der Waals surface area (Å²) >= 11 is 0. The van der Waals surface area contributed by atoms with E-state index >= 15 is 0 Å². The van der Waals surface area contributed by atoms with E-state index in [4.69, 9.17) is 0 Å². The standard InChI is InChI=1S/C12H26N2O/c1-6-11(4)9-13(5)10-12(15)14(7-2)8-3/h11H,6-10H2,1-5H3. The lowest BCUT2D eigenvalue weighted by Crippen LogP contribution is -2.39. The number of carbonyl (C=O) groups excluding carboxylic acids is 1. The lowest BCUT2D eigenvalue weighted by atomic mass is 10.1. The van der Waals surface area contributed by atoms with Crippen LogP contribution in [0.25, 0.3) is 0 Å². The molecule has 0 bridgehead atoms. The summed E-state index contributed by atoms with van der Waals surface area (Å²) in [5.41, 5.74) is 0. The molecule has 0 aromatic carbocycles. The Hall–Kier alpha value is -0.570. The van der Waals surface area contributed by atoms with Crippen LogP contribution >= 0.6 is 0 Å². The Morgan fingerprint density at radius 1 is 1.20 bits per heavy atom. The van der Waals surface area contributed by atoms with E-state index in [0.29, 0.717) is 12.5 Å². The minimum Gasteiger partial charge on any atom is -0.342 e. The van der Waals surface area contributed by atoms with Crippen LogP contribution in [0.3, 0.4) is 0 Å². The van der Waals surface area contributed by atoms with Gasteiger partial charge in [0.05, 0.1) is 6.54 Å². The van der Waals surface area contributed by atoms with Crippen molar-refractivity contribution in [2.45, 2.75) is 34.1 Å². The zero-order chi connectivity index (χ0) is 11.8. The van der Waals surface area contributed by atoms with E-state index in [1.54, 1.807) is 0 Å². The van der Waals surface area contributed by atoms with Crippen LogP contribution in [0.1, 0.15) is 34.1 Å². The number of carbonyl (C=O) groups is 1. The van der Waals surface area contributed by atoms with Gasteiger partial charge in [-0.15, -0.1) is 0 Å². The van der Waals surface area contributed by atoms with Crippen LogP contribution in [0.4, 0.5) is 0 Å². The Labute approximate surface area is 94.4 Å². The van der Waals surface area contributed by atoms with Crippen LogP contribution in [0.15, 0.2) is 0 Å². The van der Waals surface area contributed by atoms with E-state index < -0.39 is 0 Å². The fourth-order valence-electron chi connectivity index (χ4n) is 1.63. The van der Waals surface area contributed by atoms with Gasteiger partial charge in [-0.05, 0) is 26.8 Å². The predicted octanol–water partition coefficient (Wildman–Crippen LogP) is 1.83. The van der Waals surface area contributed by atoms with Crippen molar-refractivity contribution >= 4 is 5.91 Å². The summed E-state index contributed by atoms with van der Waals surface area (Å²) in [4.78, 5) is 15.8. The highest BCUT2D eigenvalue weighted by molar-refractivity contribution is 5.78. The smallest absolute Gasteiger partial charge is 0.236 e. The highest BCUT2D eigenvalue weighted by Crippen LogP contribution is 2.02. The van der Waals surface area contributed by atoms with Crippen molar-refractivity contribution in [2.75, 3.05) is 33.2 Å². The molecule has 15 heavy (non-hydrogen) atoms. The molecule has 1 atom stereocenters. The molecule has 3 nitrogen and oxygen atoms in total. The highest BCUT2D eigenvalue weighted by atomic mass is 16.2. The summed E-state index contributed by atoms with van der Waals surface area (Å²) in [5, 5.41) is 0.